The van der Waals surface area contributed by atoms with E-state index in [0.29, 0.717) is 0 Å². The van der Waals surface area contributed by atoms with Crippen LogP contribution in [0.1, 0.15) is 30.5 Å². The fourth-order valence-corrected chi connectivity index (χ4v) is 2.19. The zero-order valence-corrected chi connectivity index (χ0v) is 9.61. The third kappa shape index (κ3) is 1.61. The smallest absolute Gasteiger partial charge is 0.0696 e. The topological polar surface area (TPSA) is 43.3 Å². The second-order valence-corrected chi connectivity index (χ2v) is 5.00. The molecule has 0 amide bonds. The molecule has 1 aliphatic carbocycles. The normalized spacial score (nSPS) is 17.9. The van der Waals surface area contributed by atoms with Gasteiger partial charge in [0.2, 0.25) is 0 Å². The number of nitrogens with two attached hydrogens (primary N) is 1. The average Bonchev–Trinajstić information content (AvgIpc) is 2.86. The maximum absolute atomic E-state index is 6.11. The van der Waals surface area contributed by atoms with E-state index in [-0.39, 0.29) is 5.54 Å². The van der Waals surface area contributed by atoms with E-state index in [0.717, 1.165) is 12.8 Å². The summed E-state index contributed by atoms with van der Waals surface area (Å²) in [5, 5.41) is 4.42. The SMILES string of the molecule is Cc1cccc2c(CCC3(N)CC3)cnn12. The predicted octanol–water partition coefficient (Wildman–Crippen LogP) is 2.07. The van der Waals surface area contributed by atoms with E-state index >= 15 is 0 Å². The Morgan fingerprint density at radius 2 is 2.25 bits per heavy atom. The molecule has 1 fully saturated rings. The summed E-state index contributed by atoms with van der Waals surface area (Å²) >= 11 is 0. The van der Waals surface area contributed by atoms with Crippen LogP contribution in [0.25, 0.3) is 5.52 Å². The van der Waals surface area contributed by atoms with Crippen molar-refractivity contribution in [1.29, 1.82) is 0 Å². The van der Waals surface area contributed by atoms with Crippen LogP contribution < -0.4 is 5.73 Å². The third-order valence-electron chi connectivity index (χ3n) is 3.60. The van der Waals surface area contributed by atoms with Gasteiger partial charge in [0.1, 0.15) is 0 Å². The summed E-state index contributed by atoms with van der Waals surface area (Å²) in [6, 6.07) is 6.30. The zero-order valence-electron chi connectivity index (χ0n) is 9.61. The van der Waals surface area contributed by atoms with E-state index in [1.54, 1.807) is 0 Å². The van der Waals surface area contributed by atoms with Gasteiger partial charge in [-0.25, -0.2) is 4.52 Å². The Labute approximate surface area is 95.3 Å². The lowest BCUT2D eigenvalue weighted by Gasteiger charge is -2.06. The van der Waals surface area contributed by atoms with Crippen molar-refractivity contribution >= 4 is 5.52 Å². The monoisotopic (exact) mass is 215 g/mol. The lowest BCUT2D eigenvalue weighted by molar-refractivity contribution is 0.610. The minimum absolute atomic E-state index is 0.137. The molecule has 2 aromatic heterocycles. The van der Waals surface area contributed by atoms with Crippen molar-refractivity contribution in [2.24, 2.45) is 5.73 Å². The standard InChI is InChI=1S/C13H17N3/c1-10-3-2-4-12-11(9-15-16(10)12)5-6-13(14)7-8-13/h2-4,9H,5-8,14H2,1H3. The average molecular weight is 215 g/mol. The summed E-state index contributed by atoms with van der Waals surface area (Å²) < 4.78 is 2.01. The fraction of sp³-hybridized carbons (Fsp3) is 0.462. The molecular weight excluding hydrogens is 198 g/mol. The molecule has 3 heteroatoms. The molecule has 0 spiro atoms. The summed E-state index contributed by atoms with van der Waals surface area (Å²) in [5.41, 5.74) is 9.97. The second-order valence-electron chi connectivity index (χ2n) is 5.00. The second kappa shape index (κ2) is 3.32. The van der Waals surface area contributed by atoms with Crippen LogP contribution in [0.3, 0.4) is 0 Å². The number of pyridine rings is 1. The van der Waals surface area contributed by atoms with Crippen molar-refractivity contribution in [3.63, 3.8) is 0 Å². The van der Waals surface area contributed by atoms with E-state index in [1.807, 2.05) is 10.7 Å². The molecule has 16 heavy (non-hydrogen) atoms. The first kappa shape index (κ1) is 9.85. The number of hydrogen-bond acceptors (Lipinski definition) is 2. The van der Waals surface area contributed by atoms with Gasteiger partial charge in [-0.15, -0.1) is 0 Å². The lowest BCUT2D eigenvalue weighted by Crippen LogP contribution is -2.22. The van der Waals surface area contributed by atoms with Crippen molar-refractivity contribution in [1.82, 2.24) is 9.61 Å². The first-order valence-corrected chi connectivity index (χ1v) is 5.89. The van der Waals surface area contributed by atoms with Crippen LogP contribution in [0, 0.1) is 6.92 Å². The Kier molecular flexibility index (Phi) is 2.04. The Hall–Kier alpha value is -1.35. The third-order valence-corrected chi connectivity index (χ3v) is 3.60. The van der Waals surface area contributed by atoms with E-state index in [1.165, 1.54) is 29.6 Å². The Morgan fingerprint density at radius 1 is 1.44 bits per heavy atom. The summed E-state index contributed by atoms with van der Waals surface area (Å²) in [7, 11) is 0. The Bertz CT molecular complexity index is 523. The van der Waals surface area contributed by atoms with Crippen LogP contribution >= 0.6 is 0 Å². The van der Waals surface area contributed by atoms with E-state index < -0.39 is 0 Å². The highest BCUT2D eigenvalue weighted by atomic mass is 15.2. The van der Waals surface area contributed by atoms with Gasteiger partial charge in [-0.3, -0.25) is 0 Å². The number of rotatable bonds is 3. The van der Waals surface area contributed by atoms with Crippen molar-refractivity contribution in [2.45, 2.75) is 38.1 Å². The fourth-order valence-electron chi connectivity index (χ4n) is 2.19. The highest BCUT2D eigenvalue weighted by Gasteiger charge is 2.37. The summed E-state index contributed by atoms with van der Waals surface area (Å²) in [6.45, 7) is 2.08. The minimum atomic E-state index is 0.137. The lowest BCUT2D eigenvalue weighted by atomic mass is 10.1. The molecule has 0 aromatic carbocycles. The van der Waals surface area contributed by atoms with Gasteiger partial charge in [-0.1, -0.05) is 6.07 Å². The highest BCUT2D eigenvalue weighted by Crippen LogP contribution is 2.36. The van der Waals surface area contributed by atoms with Gasteiger partial charge in [-0.2, -0.15) is 5.10 Å². The molecule has 2 heterocycles. The minimum Gasteiger partial charge on any atom is -0.325 e. The number of fused-ring (bicyclic) bond motifs is 1. The molecule has 3 nitrogen and oxygen atoms in total. The molecule has 0 aliphatic heterocycles. The number of aromatic nitrogens is 2. The molecule has 0 atom stereocenters. The molecule has 0 saturated heterocycles. The molecule has 3 rings (SSSR count). The molecule has 2 aromatic rings. The van der Waals surface area contributed by atoms with Crippen LogP contribution in [0.4, 0.5) is 0 Å². The quantitative estimate of drug-likeness (QED) is 0.851. The van der Waals surface area contributed by atoms with E-state index in [4.69, 9.17) is 5.73 Å². The number of nitrogens with zero attached hydrogens (tertiary/aromatic N) is 2. The van der Waals surface area contributed by atoms with Crippen molar-refractivity contribution in [3.05, 3.63) is 35.7 Å². The van der Waals surface area contributed by atoms with Gasteiger partial charge in [0.25, 0.3) is 0 Å². The molecular formula is C13H17N3. The molecule has 0 unspecified atom stereocenters. The molecule has 1 saturated carbocycles. The molecule has 84 valence electrons. The summed E-state index contributed by atoms with van der Waals surface area (Å²) in [5.74, 6) is 0. The first-order valence-electron chi connectivity index (χ1n) is 5.89. The van der Waals surface area contributed by atoms with Crippen LogP contribution in [-0.2, 0) is 6.42 Å². The van der Waals surface area contributed by atoms with Crippen LogP contribution in [0.5, 0.6) is 0 Å². The zero-order chi connectivity index (χ0) is 11.2. The van der Waals surface area contributed by atoms with Crippen LogP contribution in [0.2, 0.25) is 0 Å². The maximum atomic E-state index is 6.11. The van der Waals surface area contributed by atoms with Gasteiger partial charge >= 0.3 is 0 Å². The Balaban J connectivity index is 1.89. The molecule has 1 aliphatic rings. The van der Waals surface area contributed by atoms with E-state index in [9.17, 15) is 0 Å². The van der Waals surface area contributed by atoms with Gasteiger partial charge in [0.05, 0.1) is 11.7 Å². The van der Waals surface area contributed by atoms with Crippen molar-refractivity contribution < 1.29 is 0 Å². The summed E-state index contributed by atoms with van der Waals surface area (Å²) in [6.07, 6.45) is 6.48. The van der Waals surface area contributed by atoms with Gasteiger partial charge in [-0.05, 0) is 50.3 Å². The molecule has 2 N–H and O–H groups in total. The summed E-state index contributed by atoms with van der Waals surface area (Å²) in [4.78, 5) is 0. The van der Waals surface area contributed by atoms with Gasteiger partial charge in [0.15, 0.2) is 0 Å². The predicted molar refractivity (Wildman–Crippen MR) is 64.4 cm³/mol. The van der Waals surface area contributed by atoms with Crippen molar-refractivity contribution in [3.8, 4) is 0 Å². The van der Waals surface area contributed by atoms with Gasteiger partial charge in [0, 0.05) is 11.2 Å². The van der Waals surface area contributed by atoms with Crippen LogP contribution in [0.15, 0.2) is 24.4 Å². The highest BCUT2D eigenvalue weighted by molar-refractivity contribution is 5.54. The number of aryl methyl sites for hydroxylation is 2. The van der Waals surface area contributed by atoms with Crippen molar-refractivity contribution in [2.75, 3.05) is 0 Å². The molecule has 0 bridgehead atoms. The maximum Gasteiger partial charge on any atom is 0.0696 e. The Morgan fingerprint density at radius 3 is 3.00 bits per heavy atom. The largest absolute Gasteiger partial charge is 0.325 e. The van der Waals surface area contributed by atoms with Gasteiger partial charge < -0.3 is 5.73 Å². The van der Waals surface area contributed by atoms with Crippen LogP contribution in [-0.4, -0.2) is 15.2 Å². The first-order chi connectivity index (χ1) is 7.68. The van der Waals surface area contributed by atoms with E-state index in [2.05, 4.69) is 30.2 Å². The number of hydrogen-bond donors (Lipinski definition) is 1. The molecule has 0 radical (unpaired) electrons.